The van der Waals surface area contributed by atoms with E-state index < -0.39 is 0 Å². The summed E-state index contributed by atoms with van der Waals surface area (Å²) in [5.74, 6) is 2.72. The number of rotatable bonds is 7. The summed E-state index contributed by atoms with van der Waals surface area (Å²) in [7, 11) is 0. The summed E-state index contributed by atoms with van der Waals surface area (Å²) in [5, 5.41) is 19.3. The summed E-state index contributed by atoms with van der Waals surface area (Å²) >= 11 is 3.38. The zero-order valence-electron chi connectivity index (χ0n) is 11.2. The zero-order valence-corrected chi connectivity index (χ0v) is 12.8. The van der Waals surface area contributed by atoms with Crippen LogP contribution in [0.4, 0.5) is 0 Å². The second-order valence-electron chi connectivity index (χ2n) is 4.34. The van der Waals surface area contributed by atoms with Crippen molar-refractivity contribution in [1.29, 1.82) is 0 Å². The Morgan fingerprint density at radius 1 is 0.650 bits per heavy atom. The van der Waals surface area contributed by atoms with Gasteiger partial charge in [-0.2, -0.15) is 0 Å². The maximum absolute atomic E-state index is 9.64. The molecule has 4 heteroatoms. The summed E-state index contributed by atoms with van der Waals surface area (Å²) < 4.78 is 0. The predicted octanol–water partition coefficient (Wildman–Crippen LogP) is 4.76. The van der Waals surface area contributed by atoms with Crippen molar-refractivity contribution in [2.24, 2.45) is 0 Å². The number of hydrogen-bond donors (Lipinski definition) is 2. The number of unbranched alkanes of at least 4 members (excludes halogenated alkanes) is 1. The summed E-state index contributed by atoms with van der Waals surface area (Å²) in [6.45, 7) is 0. The quantitative estimate of drug-likeness (QED) is 0.571. The van der Waals surface area contributed by atoms with Crippen molar-refractivity contribution in [2.75, 3.05) is 11.5 Å². The first-order chi connectivity index (χ1) is 9.77. The van der Waals surface area contributed by atoms with Crippen LogP contribution in [0, 0.1) is 0 Å². The number of phenolic OH excluding ortho intramolecular Hbond substituents is 2. The lowest BCUT2D eigenvalue weighted by molar-refractivity contribution is 0.462. The molecular weight excluding hydrogens is 288 g/mol. The van der Waals surface area contributed by atoms with Crippen molar-refractivity contribution in [1.82, 2.24) is 0 Å². The molecule has 0 saturated heterocycles. The second-order valence-corrected chi connectivity index (χ2v) is 6.61. The van der Waals surface area contributed by atoms with Crippen LogP contribution in [0.5, 0.6) is 11.5 Å². The molecule has 20 heavy (non-hydrogen) atoms. The highest BCUT2D eigenvalue weighted by Crippen LogP contribution is 2.30. The molecule has 2 aromatic rings. The lowest BCUT2D eigenvalue weighted by Gasteiger charge is -2.05. The molecule has 0 aliphatic rings. The highest BCUT2D eigenvalue weighted by molar-refractivity contribution is 7.99. The lowest BCUT2D eigenvalue weighted by atomic mass is 10.3. The molecule has 0 aromatic heterocycles. The minimum Gasteiger partial charge on any atom is -0.507 e. The third-order valence-electron chi connectivity index (χ3n) is 2.78. The molecule has 0 unspecified atom stereocenters. The van der Waals surface area contributed by atoms with Gasteiger partial charge in [-0.05, 0) is 48.6 Å². The molecule has 2 N–H and O–H groups in total. The van der Waals surface area contributed by atoms with Crippen LogP contribution >= 0.6 is 23.5 Å². The fourth-order valence-corrected chi connectivity index (χ4v) is 3.64. The molecule has 0 atom stereocenters. The number of thioether (sulfide) groups is 2. The molecule has 0 aliphatic heterocycles. The van der Waals surface area contributed by atoms with E-state index in [4.69, 9.17) is 0 Å². The molecule has 0 aliphatic carbocycles. The van der Waals surface area contributed by atoms with E-state index >= 15 is 0 Å². The van der Waals surface area contributed by atoms with Crippen LogP contribution < -0.4 is 0 Å². The van der Waals surface area contributed by atoms with Crippen LogP contribution in [0.1, 0.15) is 12.8 Å². The summed E-state index contributed by atoms with van der Waals surface area (Å²) in [6, 6.07) is 14.9. The summed E-state index contributed by atoms with van der Waals surface area (Å²) in [5.41, 5.74) is 0. The SMILES string of the molecule is Oc1ccccc1SCCCCSc1ccccc1O. The number of aromatic hydroxyl groups is 2. The predicted molar refractivity (Wildman–Crippen MR) is 86.9 cm³/mol. The van der Waals surface area contributed by atoms with Gasteiger partial charge in [0.2, 0.25) is 0 Å². The molecular formula is C16H18O2S2. The van der Waals surface area contributed by atoms with E-state index in [-0.39, 0.29) is 0 Å². The zero-order chi connectivity index (χ0) is 14.2. The highest BCUT2D eigenvalue weighted by Gasteiger charge is 2.01. The van der Waals surface area contributed by atoms with Gasteiger partial charge in [0, 0.05) is 9.79 Å². The Kier molecular flexibility index (Phi) is 6.15. The van der Waals surface area contributed by atoms with Crippen molar-refractivity contribution in [3.05, 3.63) is 48.5 Å². The Morgan fingerprint density at radius 3 is 1.45 bits per heavy atom. The van der Waals surface area contributed by atoms with Crippen molar-refractivity contribution in [3.63, 3.8) is 0 Å². The molecule has 0 saturated carbocycles. The van der Waals surface area contributed by atoms with Gasteiger partial charge in [0.05, 0.1) is 0 Å². The van der Waals surface area contributed by atoms with Gasteiger partial charge in [0.15, 0.2) is 0 Å². The first kappa shape index (κ1) is 15.1. The monoisotopic (exact) mass is 306 g/mol. The topological polar surface area (TPSA) is 40.5 Å². The van der Waals surface area contributed by atoms with Crippen molar-refractivity contribution >= 4 is 23.5 Å². The molecule has 0 heterocycles. The minimum atomic E-state index is 0.362. The smallest absolute Gasteiger partial charge is 0.129 e. The molecule has 0 radical (unpaired) electrons. The van der Waals surface area contributed by atoms with E-state index in [9.17, 15) is 10.2 Å². The normalized spacial score (nSPS) is 10.6. The highest BCUT2D eigenvalue weighted by atomic mass is 32.2. The average Bonchev–Trinajstić information content (AvgIpc) is 2.46. The molecule has 0 bridgehead atoms. The number of benzene rings is 2. The van der Waals surface area contributed by atoms with E-state index in [1.165, 1.54) is 0 Å². The molecule has 0 spiro atoms. The molecule has 0 fully saturated rings. The van der Waals surface area contributed by atoms with Gasteiger partial charge < -0.3 is 10.2 Å². The minimum absolute atomic E-state index is 0.362. The Labute approximate surface area is 128 Å². The van der Waals surface area contributed by atoms with Gasteiger partial charge in [-0.1, -0.05) is 24.3 Å². The maximum atomic E-state index is 9.64. The summed E-state index contributed by atoms with van der Waals surface area (Å²) in [6.07, 6.45) is 2.19. The Bertz CT molecular complexity index is 494. The van der Waals surface area contributed by atoms with Crippen LogP contribution in [0.3, 0.4) is 0 Å². The van der Waals surface area contributed by atoms with Gasteiger partial charge in [0.25, 0.3) is 0 Å². The van der Waals surface area contributed by atoms with E-state index in [0.717, 1.165) is 34.1 Å². The average molecular weight is 306 g/mol. The van der Waals surface area contributed by atoms with E-state index in [0.29, 0.717) is 11.5 Å². The van der Waals surface area contributed by atoms with E-state index in [1.807, 2.05) is 36.4 Å². The molecule has 2 aromatic carbocycles. The first-order valence-corrected chi connectivity index (χ1v) is 8.56. The van der Waals surface area contributed by atoms with Gasteiger partial charge in [-0.15, -0.1) is 23.5 Å². The van der Waals surface area contributed by atoms with Crippen molar-refractivity contribution < 1.29 is 10.2 Å². The lowest BCUT2D eigenvalue weighted by Crippen LogP contribution is -1.85. The third kappa shape index (κ3) is 4.69. The van der Waals surface area contributed by atoms with Crippen LogP contribution in [0.15, 0.2) is 58.3 Å². The molecule has 2 nitrogen and oxygen atoms in total. The Balaban J connectivity index is 1.63. The largest absolute Gasteiger partial charge is 0.507 e. The van der Waals surface area contributed by atoms with E-state index in [1.54, 1.807) is 35.7 Å². The molecule has 0 amide bonds. The van der Waals surface area contributed by atoms with Gasteiger partial charge in [-0.3, -0.25) is 0 Å². The maximum Gasteiger partial charge on any atom is 0.129 e. The Morgan fingerprint density at radius 2 is 1.05 bits per heavy atom. The van der Waals surface area contributed by atoms with Crippen LogP contribution in [0.25, 0.3) is 0 Å². The number of hydrogen-bond acceptors (Lipinski definition) is 4. The van der Waals surface area contributed by atoms with Crippen molar-refractivity contribution in [3.8, 4) is 11.5 Å². The summed E-state index contributed by atoms with van der Waals surface area (Å²) in [4.78, 5) is 1.89. The van der Waals surface area contributed by atoms with Crippen LogP contribution in [-0.4, -0.2) is 21.7 Å². The molecule has 106 valence electrons. The van der Waals surface area contributed by atoms with Gasteiger partial charge in [-0.25, -0.2) is 0 Å². The van der Waals surface area contributed by atoms with Crippen LogP contribution in [-0.2, 0) is 0 Å². The van der Waals surface area contributed by atoms with Crippen LogP contribution in [0.2, 0.25) is 0 Å². The Hall–Kier alpha value is -1.26. The number of phenols is 2. The first-order valence-electron chi connectivity index (χ1n) is 6.59. The van der Waals surface area contributed by atoms with Crippen molar-refractivity contribution in [2.45, 2.75) is 22.6 Å². The molecule has 2 rings (SSSR count). The third-order valence-corrected chi connectivity index (χ3v) is 5.08. The standard InChI is InChI=1S/C16H18O2S2/c17-13-7-1-3-9-15(13)19-11-5-6-12-20-16-10-4-2-8-14(16)18/h1-4,7-10,17-18H,5-6,11-12H2. The van der Waals surface area contributed by atoms with Gasteiger partial charge >= 0.3 is 0 Å². The fraction of sp³-hybridized carbons (Fsp3) is 0.250. The van der Waals surface area contributed by atoms with E-state index in [2.05, 4.69) is 0 Å². The second kappa shape index (κ2) is 8.12. The van der Waals surface area contributed by atoms with Gasteiger partial charge in [0.1, 0.15) is 11.5 Å². The fourth-order valence-electron chi connectivity index (χ4n) is 1.73. The number of para-hydroxylation sites is 2.